The third-order valence-corrected chi connectivity index (χ3v) is 4.40. The lowest BCUT2D eigenvalue weighted by molar-refractivity contribution is 0.388. The zero-order valence-corrected chi connectivity index (χ0v) is 13.1. The number of benzene rings is 1. The maximum Gasteiger partial charge on any atom is 0.127 e. The van der Waals surface area contributed by atoms with Gasteiger partial charge in [-0.15, -0.1) is 11.3 Å². The molecule has 1 atom stereocenters. The lowest BCUT2D eigenvalue weighted by atomic mass is 10.0. The maximum absolute atomic E-state index is 6.30. The first-order valence-electron chi connectivity index (χ1n) is 6.45. The molecule has 2 rings (SSSR count). The topological polar surface area (TPSA) is 57.4 Å². The van der Waals surface area contributed by atoms with E-state index in [1.54, 1.807) is 25.6 Å². The summed E-state index contributed by atoms with van der Waals surface area (Å²) >= 11 is 1.70. The molecule has 4 nitrogen and oxygen atoms in total. The van der Waals surface area contributed by atoms with Crippen LogP contribution in [0.25, 0.3) is 0 Å². The third-order valence-electron chi connectivity index (χ3n) is 3.31. The number of rotatable bonds is 5. The molecule has 0 amide bonds. The van der Waals surface area contributed by atoms with Crippen LogP contribution in [0.1, 0.15) is 27.2 Å². The minimum Gasteiger partial charge on any atom is -0.497 e. The zero-order valence-electron chi connectivity index (χ0n) is 12.3. The Labute approximate surface area is 123 Å². The predicted molar refractivity (Wildman–Crippen MR) is 81.8 cm³/mol. The first-order chi connectivity index (χ1) is 9.55. The number of methoxy groups -OCH3 is 2. The smallest absolute Gasteiger partial charge is 0.127 e. The molecule has 0 aliphatic rings. The molecule has 0 saturated heterocycles. The molecule has 108 valence electrons. The normalized spacial score (nSPS) is 12.2. The standard InChI is InChI=1S/C15H20N2O2S/c1-9-10(2)20-15(17-9)8-13(16)12-6-5-11(18-3)7-14(12)19-4/h5-7,13H,8,16H2,1-4H3. The molecule has 1 aromatic carbocycles. The fourth-order valence-corrected chi connectivity index (χ4v) is 3.04. The number of nitrogens with zero attached hydrogens (tertiary/aromatic N) is 1. The summed E-state index contributed by atoms with van der Waals surface area (Å²) in [6.45, 7) is 4.10. The largest absolute Gasteiger partial charge is 0.497 e. The van der Waals surface area contributed by atoms with Crippen molar-refractivity contribution in [3.63, 3.8) is 0 Å². The van der Waals surface area contributed by atoms with Crippen molar-refractivity contribution in [2.45, 2.75) is 26.3 Å². The van der Waals surface area contributed by atoms with E-state index < -0.39 is 0 Å². The predicted octanol–water partition coefficient (Wildman–Crippen LogP) is 3.02. The van der Waals surface area contributed by atoms with Crippen molar-refractivity contribution in [2.75, 3.05) is 14.2 Å². The second kappa shape index (κ2) is 6.24. The maximum atomic E-state index is 6.30. The number of ether oxygens (including phenoxy) is 2. The molecule has 0 aliphatic carbocycles. The minimum atomic E-state index is -0.138. The molecule has 0 radical (unpaired) electrons. The van der Waals surface area contributed by atoms with Crippen LogP contribution in [0, 0.1) is 13.8 Å². The van der Waals surface area contributed by atoms with Crippen LogP contribution in [-0.4, -0.2) is 19.2 Å². The number of aryl methyl sites for hydroxylation is 2. The molecule has 0 aliphatic heterocycles. The highest BCUT2D eigenvalue weighted by molar-refractivity contribution is 7.11. The lowest BCUT2D eigenvalue weighted by Gasteiger charge is -2.15. The molecule has 1 aromatic heterocycles. The fourth-order valence-electron chi connectivity index (χ4n) is 2.05. The van der Waals surface area contributed by atoms with E-state index in [0.29, 0.717) is 6.42 Å². The third kappa shape index (κ3) is 3.11. The van der Waals surface area contributed by atoms with E-state index in [-0.39, 0.29) is 6.04 Å². The van der Waals surface area contributed by atoms with Crippen LogP contribution in [0.2, 0.25) is 0 Å². The molecular weight excluding hydrogens is 272 g/mol. The second-order valence-electron chi connectivity index (χ2n) is 4.67. The van der Waals surface area contributed by atoms with E-state index in [4.69, 9.17) is 15.2 Å². The van der Waals surface area contributed by atoms with Gasteiger partial charge in [0.25, 0.3) is 0 Å². The molecule has 0 saturated carbocycles. The van der Waals surface area contributed by atoms with Gasteiger partial charge in [0, 0.05) is 29.0 Å². The van der Waals surface area contributed by atoms with E-state index in [2.05, 4.69) is 11.9 Å². The van der Waals surface area contributed by atoms with Gasteiger partial charge in [-0.3, -0.25) is 0 Å². The van der Waals surface area contributed by atoms with Gasteiger partial charge in [-0.2, -0.15) is 0 Å². The van der Waals surface area contributed by atoms with Gasteiger partial charge in [-0.25, -0.2) is 4.98 Å². The highest BCUT2D eigenvalue weighted by Crippen LogP contribution is 2.31. The Morgan fingerprint density at radius 2 is 2.00 bits per heavy atom. The highest BCUT2D eigenvalue weighted by Gasteiger charge is 2.16. The lowest BCUT2D eigenvalue weighted by Crippen LogP contribution is -2.14. The van der Waals surface area contributed by atoms with Gasteiger partial charge in [-0.05, 0) is 19.9 Å². The average molecular weight is 292 g/mol. The van der Waals surface area contributed by atoms with Crippen LogP contribution in [0.5, 0.6) is 11.5 Å². The summed E-state index contributed by atoms with van der Waals surface area (Å²) in [6.07, 6.45) is 0.710. The summed E-state index contributed by atoms with van der Waals surface area (Å²) < 4.78 is 10.6. The molecule has 0 bridgehead atoms. The van der Waals surface area contributed by atoms with Gasteiger partial charge in [0.1, 0.15) is 11.5 Å². The van der Waals surface area contributed by atoms with Crippen molar-refractivity contribution in [1.29, 1.82) is 0 Å². The SMILES string of the molecule is COc1ccc(C(N)Cc2nc(C)c(C)s2)c(OC)c1. The van der Waals surface area contributed by atoms with Crippen LogP contribution in [0.3, 0.4) is 0 Å². The molecule has 2 N–H and O–H groups in total. The zero-order chi connectivity index (χ0) is 14.7. The monoisotopic (exact) mass is 292 g/mol. The number of nitrogens with two attached hydrogens (primary N) is 1. The van der Waals surface area contributed by atoms with Crippen LogP contribution in [-0.2, 0) is 6.42 Å². The van der Waals surface area contributed by atoms with Crippen molar-refractivity contribution >= 4 is 11.3 Å². The van der Waals surface area contributed by atoms with E-state index in [1.807, 2.05) is 25.1 Å². The van der Waals surface area contributed by atoms with Crippen LogP contribution in [0.4, 0.5) is 0 Å². The summed E-state index contributed by atoms with van der Waals surface area (Å²) in [4.78, 5) is 5.78. The summed E-state index contributed by atoms with van der Waals surface area (Å²) in [6, 6.07) is 5.57. The fraction of sp³-hybridized carbons (Fsp3) is 0.400. The van der Waals surface area contributed by atoms with E-state index >= 15 is 0 Å². The molecular formula is C15H20N2O2S. The molecule has 1 unspecified atom stereocenters. The van der Waals surface area contributed by atoms with Crippen molar-refractivity contribution < 1.29 is 9.47 Å². The Bertz CT molecular complexity index is 576. The van der Waals surface area contributed by atoms with Crippen LogP contribution in [0.15, 0.2) is 18.2 Å². The quantitative estimate of drug-likeness (QED) is 0.920. The first-order valence-corrected chi connectivity index (χ1v) is 7.27. The van der Waals surface area contributed by atoms with Gasteiger partial charge < -0.3 is 15.2 Å². The van der Waals surface area contributed by atoms with E-state index in [1.165, 1.54) is 4.88 Å². The summed E-state index contributed by atoms with van der Waals surface area (Å²) in [7, 11) is 3.28. The Balaban J connectivity index is 2.22. The Kier molecular flexibility index (Phi) is 4.62. The number of thiazole rings is 1. The van der Waals surface area contributed by atoms with Gasteiger partial charge in [0.05, 0.1) is 24.9 Å². The molecule has 1 heterocycles. The molecule has 0 fully saturated rings. The van der Waals surface area contributed by atoms with Crippen molar-refractivity contribution in [3.8, 4) is 11.5 Å². The average Bonchev–Trinajstić information content (AvgIpc) is 2.76. The van der Waals surface area contributed by atoms with Crippen molar-refractivity contribution in [2.24, 2.45) is 5.73 Å². The molecule has 0 spiro atoms. The Morgan fingerprint density at radius 3 is 2.55 bits per heavy atom. The minimum absolute atomic E-state index is 0.138. The Morgan fingerprint density at radius 1 is 1.25 bits per heavy atom. The van der Waals surface area contributed by atoms with Gasteiger partial charge in [0.2, 0.25) is 0 Å². The second-order valence-corrected chi connectivity index (χ2v) is 5.96. The van der Waals surface area contributed by atoms with E-state index in [0.717, 1.165) is 27.8 Å². The summed E-state index contributed by atoms with van der Waals surface area (Å²) in [5, 5.41) is 1.06. The van der Waals surface area contributed by atoms with Crippen molar-refractivity contribution in [3.05, 3.63) is 39.3 Å². The Hall–Kier alpha value is -1.59. The van der Waals surface area contributed by atoms with Crippen LogP contribution >= 0.6 is 11.3 Å². The summed E-state index contributed by atoms with van der Waals surface area (Å²) in [5.41, 5.74) is 8.35. The van der Waals surface area contributed by atoms with Gasteiger partial charge >= 0.3 is 0 Å². The number of hydrogen-bond acceptors (Lipinski definition) is 5. The molecule has 2 aromatic rings. The highest BCUT2D eigenvalue weighted by atomic mass is 32.1. The van der Waals surface area contributed by atoms with Crippen molar-refractivity contribution in [1.82, 2.24) is 4.98 Å². The number of aromatic nitrogens is 1. The first kappa shape index (κ1) is 14.8. The van der Waals surface area contributed by atoms with E-state index in [9.17, 15) is 0 Å². The summed E-state index contributed by atoms with van der Waals surface area (Å²) in [5.74, 6) is 1.51. The molecule has 5 heteroatoms. The van der Waals surface area contributed by atoms with Crippen LogP contribution < -0.4 is 15.2 Å². The molecule has 20 heavy (non-hydrogen) atoms. The van der Waals surface area contributed by atoms with Gasteiger partial charge in [-0.1, -0.05) is 6.07 Å². The van der Waals surface area contributed by atoms with Gasteiger partial charge in [0.15, 0.2) is 0 Å². The number of hydrogen-bond donors (Lipinski definition) is 1.